The number of fused-ring (bicyclic) bond motifs is 1. The zero-order chi connectivity index (χ0) is 21.0. The van der Waals surface area contributed by atoms with Gasteiger partial charge in [-0.15, -0.1) is 0 Å². The summed E-state index contributed by atoms with van der Waals surface area (Å²) in [4.78, 5) is 21.5. The molecule has 3 heterocycles. The topological polar surface area (TPSA) is 97.4 Å². The predicted molar refractivity (Wildman–Crippen MR) is 116 cm³/mol. The molecule has 8 nitrogen and oxygen atoms in total. The van der Waals surface area contributed by atoms with Crippen molar-refractivity contribution >= 4 is 12.0 Å². The van der Waals surface area contributed by atoms with E-state index in [1.165, 1.54) is 25.7 Å². The van der Waals surface area contributed by atoms with E-state index in [0.717, 1.165) is 11.3 Å². The summed E-state index contributed by atoms with van der Waals surface area (Å²) < 4.78 is 12.0. The SMILES string of the molecule is O=C(NCc1ccccc1)NC1COC2C(Nc3nccc(C4CCCC4)n3)COC12. The molecular weight excluding hydrogens is 394 g/mol. The molecule has 1 aromatic heterocycles. The molecule has 164 valence electrons. The van der Waals surface area contributed by atoms with Crippen molar-refractivity contribution < 1.29 is 14.3 Å². The molecule has 2 aromatic rings. The molecule has 4 unspecified atom stereocenters. The highest BCUT2D eigenvalue weighted by atomic mass is 16.6. The fourth-order valence-corrected chi connectivity index (χ4v) is 4.80. The van der Waals surface area contributed by atoms with Crippen LogP contribution in [0.15, 0.2) is 42.6 Å². The van der Waals surface area contributed by atoms with Crippen LogP contribution in [0.2, 0.25) is 0 Å². The van der Waals surface area contributed by atoms with Crippen molar-refractivity contribution in [2.45, 2.75) is 62.4 Å². The van der Waals surface area contributed by atoms with Crippen molar-refractivity contribution in [3.05, 3.63) is 53.9 Å². The molecule has 31 heavy (non-hydrogen) atoms. The first kappa shape index (κ1) is 20.2. The number of carbonyl (C=O) groups is 1. The average Bonchev–Trinajstić information content (AvgIpc) is 3.54. The zero-order valence-electron chi connectivity index (χ0n) is 17.5. The number of carbonyl (C=O) groups excluding carboxylic acids is 1. The Bertz CT molecular complexity index is 890. The number of amides is 2. The summed E-state index contributed by atoms with van der Waals surface area (Å²) in [5.41, 5.74) is 2.17. The molecule has 0 bridgehead atoms. The number of aromatic nitrogens is 2. The van der Waals surface area contributed by atoms with Crippen LogP contribution in [0.3, 0.4) is 0 Å². The van der Waals surface area contributed by atoms with Gasteiger partial charge in [-0.3, -0.25) is 0 Å². The van der Waals surface area contributed by atoms with Gasteiger partial charge in [-0.25, -0.2) is 14.8 Å². The number of hydrogen-bond acceptors (Lipinski definition) is 6. The van der Waals surface area contributed by atoms with E-state index in [1.54, 1.807) is 0 Å². The molecule has 2 aliphatic heterocycles. The maximum absolute atomic E-state index is 12.3. The molecule has 5 rings (SSSR count). The molecule has 1 aliphatic carbocycles. The minimum absolute atomic E-state index is 0.0389. The van der Waals surface area contributed by atoms with Crippen molar-refractivity contribution in [3.8, 4) is 0 Å². The molecule has 0 spiro atoms. The van der Waals surface area contributed by atoms with Gasteiger partial charge in [-0.1, -0.05) is 43.2 Å². The van der Waals surface area contributed by atoms with Crippen LogP contribution in [0.1, 0.15) is 42.9 Å². The van der Waals surface area contributed by atoms with Crippen molar-refractivity contribution in [3.63, 3.8) is 0 Å². The second-order valence-corrected chi connectivity index (χ2v) is 8.55. The second kappa shape index (κ2) is 9.20. The lowest BCUT2D eigenvalue weighted by Gasteiger charge is -2.19. The molecule has 3 fully saturated rings. The van der Waals surface area contributed by atoms with Crippen LogP contribution in [0.25, 0.3) is 0 Å². The van der Waals surface area contributed by atoms with Gasteiger partial charge >= 0.3 is 6.03 Å². The Labute approximate surface area is 182 Å². The molecule has 3 aliphatic rings. The minimum Gasteiger partial charge on any atom is -0.371 e. The van der Waals surface area contributed by atoms with E-state index in [1.807, 2.05) is 42.6 Å². The van der Waals surface area contributed by atoms with Crippen molar-refractivity contribution in [1.29, 1.82) is 0 Å². The number of benzene rings is 1. The van der Waals surface area contributed by atoms with E-state index in [4.69, 9.17) is 14.5 Å². The van der Waals surface area contributed by atoms with Gasteiger partial charge in [0.25, 0.3) is 0 Å². The highest BCUT2D eigenvalue weighted by molar-refractivity contribution is 5.74. The number of hydrogen-bond donors (Lipinski definition) is 3. The summed E-state index contributed by atoms with van der Waals surface area (Å²) in [5.74, 6) is 1.17. The standard InChI is InChI=1S/C23H29N5O3/c29-23(25-12-15-6-2-1-3-7-15)28-19-14-31-20-18(13-30-21(19)20)27-22-24-11-10-17(26-22)16-8-4-5-9-16/h1-3,6-7,10-11,16,18-21H,4-5,8-9,12-14H2,(H,24,26,27)(H2,25,28,29). The van der Waals surface area contributed by atoms with Gasteiger partial charge in [0, 0.05) is 24.4 Å². The lowest BCUT2D eigenvalue weighted by atomic mass is 10.0. The van der Waals surface area contributed by atoms with Crippen molar-refractivity contribution in [1.82, 2.24) is 20.6 Å². The molecule has 1 saturated carbocycles. The van der Waals surface area contributed by atoms with E-state index >= 15 is 0 Å². The summed E-state index contributed by atoms with van der Waals surface area (Å²) in [6.07, 6.45) is 6.47. The largest absolute Gasteiger partial charge is 0.371 e. The predicted octanol–water partition coefficient (Wildman–Crippen LogP) is 2.58. The average molecular weight is 424 g/mol. The molecule has 8 heteroatoms. The van der Waals surface area contributed by atoms with Gasteiger partial charge in [0.1, 0.15) is 12.2 Å². The highest BCUT2D eigenvalue weighted by Gasteiger charge is 2.48. The van der Waals surface area contributed by atoms with E-state index in [9.17, 15) is 4.79 Å². The van der Waals surface area contributed by atoms with Gasteiger partial charge in [-0.05, 0) is 24.5 Å². The smallest absolute Gasteiger partial charge is 0.315 e. The number of nitrogens with one attached hydrogen (secondary N) is 3. The number of anilines is 1. The molecule has 2 amide bonds. The molecular formula is C23H29N5O3. The van der Waals surface area contributed by atoms with E-state index in [2.05, 4.69) is 20.9 Å². The summed E-state index contributed by atoms with van der Waals surface area (Å²) in [7, 11) is 0. The molecule has 2 saturated heterocycles. The number of ether oxygens (including phenoxy) is 2. The summed E-state index contributed by atoms with van der Waals surface area (Å²) in [6.45, 7) is 1.40. The van der Waals surface area contributed by atoms with Crippen LogP contribution in [-0.2, 0) is 16.0 Å². The van der Waals surface area contributed by atoms with Crippen molar-refractivity contribution in [2.24, 2.45) is 0 Å². The van der Waals surface area contributed by atoms with E-state index in [-0.39, 0.29) is 30.3 Å². The second-order valence-electron chi connectivity index (χ2n) is 8.55. The Morgan fingerprint density at radius 2 is 1.74 bits per heavy atom. The Morgan fingerprint density at radius 1 is 1.00 bits per heavy atom. The van der Waals surface area contributed by atoms with Crippen LogP contribution < -0.4 is 16.0 Å². The Hall–Kier alpha value is -2.71. The first-order valence-corrected chi connectivity index (χ1v) is 11.2. The third kappa shape index (κ3) is 4.65. The van der Waals surface area contributed by atoms with Gasteiger partial charge in [-0.2, -0.15) is 0 Å². The zero-order valence-corrected chi connectivity index (χ0v) is 17.5. The van der Waals surface area contributed by atoms with Crippen molar-refractivity contribution in [2.75, 3.05) is 18.5 Å². The van der Waals surface area contributed by atoms with Gasteiger partial charge < -0.3 is 25.4 Å². The molecule has 1 aromatic carbocycles. The summed E-state index contributed by atoms with van der Waals surface area (Å²) in [6, 6.07) is 11.4. The normalized spacial score (nSPS) is 27.7. The van der Waals surface area contributed by atoms with Crippen LogP contribution in [-0.4, -0.2) is 53.5 Å². The minimum atomic E-state index is -0.217. The van der Waals surface area contributed by atoms with E-state index in [0.29, 0.717) is 31.6 Å². The quantitative estimate of drug-likeness (QED) is 0.661. The van der Waals surface area contributed by atoms with Crippen LogP contribution in [0.4, 0.5) is 10.7 Å². The van der Waals surface area contributed by atoms with Crippen LogP contribution in [0, 0.1) is 0 Å². The third-order valence-electron chi connectivity index (χ3n) is 6.43. The number of urea groups is 1. The molecule has 0 radical (unpaired) electrons. The number of rotatable bonds is 6. The maximum Gasteiger partial charge on any atom is 0.315 e. The monoisotopic (exact) mass is 423 g/mol. The van der Waals surface area contributed by atoms with Gasteiger partial charge in [0.15, 0.2) is 0 Å². The van der Waals surface area contributed by atoms with Crippen LogP contribution in [0.5, 0.6) is 0 Å². The number of nitrogens with zero attached hydrogens (tertiary/aromatic N) is 2. The first-order valence-electron chi connectivity index (χ1n) is 11.2. The third-order valence-corrected chi connectivity index (χ3v) is 6.43. The Balaban J connectivity index is 1.14. The Morgan fingerprint density at radius 3 is 2.55 bits per heavy atom. The van der Waals surface area contributed by atoms with Gasteiger partial charge in [0.2, 0.25) is 5.95 Å². The first-order chi connectivity index (χ1) is 15.3. The summed E-state index contributed by atoms with van der Waals surface area (Å²) in [5, 5.41) is 9.28. The van der Waals surface area contributed by atoms with Gasteiger partial charge in [0.05, 0.1) is 25.3 Å². The Kier molecular flexibility index (Phi) is 5.99. The molecule has 3 N–H and O–H groups in total. The lowest BCUT2D eigenvalue weighted by Crippen LogP contribution is -2.48. The highest BCUT2D eigenvalue weighted by Crippen LogP contribution is 2.33. The summed E-state index contributed by atoms with van der Waals surface area (Å²) >= 11 is 0. The van der Waals surface area contributed by atoms with E-state index < -0.39 is 0 Å². The fourth-order valence-electron chi connectivity index (χ4n) is 4.80. The molecule has 4 atom stereocenters. The fraction of sp³-hybridized carbons (Fsp3) is 0.522. The maximum atomic E-state index is 12.3. The lowest BCUT2D eigenvalue weighted by molar-refractivity contribution is 0.0682. The van der Waals surface area contributed by atoms with Crippen LogP contribution >= 0.6 is 0 Å².